The highest BCUT2D eigenvalue weighted by Crippen LogP contribution is 2.09. The van der Waals surface area contributed by atoms with Crippen LogP contribution in [0.3, 0.4) is 0 Å². The van der Waals surface area contributed by atoms with Crippen molar-refractivity contribution >= 4 is 11.9 Å². The summed E-state index contributed by atoms with van der Waals surface area (Å²) in [6.07, 6.45) is -0.483. The average molecular weight is 193 g/mol. The van der Waals surface area contributed by atoms with E-state index in [2.05, 4.69) is 0 Å². The van der Waals surface area contributed by atoms with E-state index in [1.165, 1.54) is 0 Å². The van der Waals surface area contributed by atoms with Gasteiger partial charge in [-0.25, -0.2) is 0 Å². The number of esters is 1. The van der Waals surface area contributed by atoms with Crippen LogP contribution < -0.4 is 9.84 Å². The van der Waals surface area contributed by atoms with E-state index in [4.69, 9.17) is 4.74 Å². The average Bonchev–Trinajstić information content (AvgIpc) is 2.16. The van der Waals surface area contributed by atoms with E-state index < -0.39 is 11.9 Å². The fourth-order valence-electron chi connectivity index (χ4n) is 0.875. The molecule has 0 aliphatic rings. The van der Waals surface area contributed by atoms with Crippen molar-refractivity contribution in [3.63, 3.8) is 0 Å². The predicted molar refractivity (Wildman–Crippen MR) is 46.3 cm³/mol. The number of carbonyl (C=O) groups excluding carboxylic acids is 2. The Kier molecular flexibility index (Phi) is 3.67. The van der Waals surface area contributed by atoms with Crippen molar-refractivity contribution in [2.75, 3.05) is 0 Å². The number of carboxylic acids is 1. The predicted octanol–water partition coefficient (Wildman–Crippen LogP) is 0.122. The number of hydrogen-bond donors (Lipinski definition) is 0. The van der Waals surface area contributed by atoms with Gasteiger partial charge < -0.3 is 14.6 Å². The second-order valence-electron chi connectivity index (χ2n) is 2.66. The molecule has 0 aliphatic heterocycles. The third-order valence-corrected chi connectivity index (χ3v) is 1.51. The monoisotopic (exact) mass is 193 g/mol. The first kappa shape index (κ1) is 10.2. The molecule has 0 aromatic heterocycles. The van der Waals surface area contributed by atoms with Gasteiger partial charge in [-0.3, -0.25) is 4.79 Å². The first-order chi connectivity index (χ1) is 6.68. The summed E-state index contributed by atoms with van der Waals surface area (Å²) in [6.45, 7) is 0. The van der Waals surface area contributed by atoms with Crippen LogP contribution in [0.25, 0.3) is 0 Å². The highest BCUT2D eigenvalue weighted by atomic mass is 16.5. The molecule has 0 saturated heterocycles. The Morgan fingerprint density at radius 1 is 1.14 bits per heavy atom. The first-order valence-electron chi connectivity index (χ1n) is 4.14. The molecule has 14 heavy (non-hydrogen) atoms. The van der Waals surface area contributed by atoms with Gasteiger partial charge in [-0.1, -0.05) is 18.2 Å². The Morgan fingerprint density at radius 2 is 1.79 bits per heavy atom. The molecule has 4 heteroatoms. The van der Waals surface area contributed by atoms with Crippen molar-refractivity contribution < 1.29 is 19.4 Å². The van der Waals surface area contributed by atoms with Crippen molar-refractivity contribution in [3.05, 3.63) is 30.3 Å². The van der Waals surface area contributed by atoms with Gasteiger partial charge in [0.05, 0.1) is 6.42 Å². The third kappa shape index (κ3) is 3.71. The van der Waals surface area contributed by atoms with E-state index in [1.807, 2.05) is 0 Å². The Bertz CT molecular complexity index is 318. The Labute approximate surface area is 81.1 Å². The number of aliphatic carboxylic acids is 1. The zero-order chi connectivity index (χ0) is 10.4. The SMILES string of the molecule is O=C([O-])CCC(=O)Oc1ccccc1. The van der Waals surface area contributed by atoms with Gasteiger partial charge in [0.15, 0.2) is 0 Å². The number of carboxylic acid groups (broad SMARTS) is 1. The van der Waals surface area contributed by atoms with Crippen molar-refractivity contribution in [2.24, 2.45) is 0 Å². The second kappa shape index (κ2) is 5.01. The molecule has 0 unspecified atom stereocenters. The maximum absolute atomic E-state index is 11.0. The maximum atomic E-state index is 11.0. The van der Waals surface area contributed by atoms with E-state index >= 15 is 0 Å². The molecule has 4 nitrogen and oxygen atoms in total. The minimum Gasteiger partial charge on any atom is -0.550 e. The number of carbonyl (C=O) groups is 2. The third-order valence-electron chi connectivity index (χ3n) is 1.51. The topological polar surface area (TPSA) is 66.4 Å². The summed E-state index contributed by atoms with van der Waals surface area (Å²) in [4.78, 5) is 21.0. The Hall–Kier alpha value is -1.84. The summed E-state index contributed by atoms with van der Waals surface area (Å²) >= 11 is 0. The second-order valence-corrected chi connectivity index (χ2v) is 2.66. The maximum Gasteiger partial charge on any atom is 0.311 e. The van der Waals surface area contributed by atoms with Crippen LogP contribution in [-0.2, 0) is 9.59 Å². The lowest BCUT2D eigenvalue weighted by molar-refractivity contribution is -0.305. The lowest BCUT2D eigenvalue weighted by Crippen LogP contribution is -2.23. The number of para-hydroxylation sites is 1. The molecule has 0 aliphatic carbocycles. The molecule has 0 spiro atoms. The minimum atomic E-state index is -1.25. The molecule has 0 heterocycles. The molecule has 0 amide bonds. The van der Waals surface area contributed by atoms with E-state index in [0.29, 0.717) is 5.75 Å². The van der Waals surface area contributed by atoms with Crippen LogP contribution in [0, 0.1) is 0 Å². The number of rotatable bonds is 4. The highest BCUT2D eigenvalue weighted by Gasteiger charge is 2.03. The molecule has 1 aromatic carbocycles. The largest absolute Gasteiger partial charge is 0.550 e. The van der Waals surface area contributed by atoms with Gasteiger partial charge in [-0.2, -0.15) is 0 Å². The van der Waals surface area contributed by atoms with Gasteiger partial charge >= 0.3 is 5.97 Å². The van der Waals surface area contributed by atoms with Crippen LogP contribution in [0.2, 0.25) is 0 Å². The summed E-state index contributed by atoms with van der Waals surface area (Å²) in [5.41, 5.74) is 0. The molecule has 0 fully saturated rings. The standard InChI is InChI=1S/C10H10O4/c11-9(12)6-7-10(13)14-8-4-2-1-3-5-8/h1-5H,6-7H2,(H,11,12)/p-1. The summed E-state index contributed by atoms with van der Waals surface area (Å²) in [6, 6.07) is 8.48. The molecule has 0 atom stereocenters. The van der Waals surface area contributed by atoms with Gasteiger partial charge in [0, 0.05) is 5.97 Å². The smallest absolute Gasteiger partial charge is 0.311 e. The van der Waals surface area contributed by atoms with E-state index in [-0.39, 0.29) is 12.8 Å². The summed E-state index contributed by atoms with van der Waals surface area (Å²) in [5.74, 6) is -1.41. The van der Waals surface area contributed by atoms with E-state index in [0.717, 1.165) is 0 Å². The van der Waals surface area contributed by atoms with Crippen LogP contribution >= 0.6 is 0 Å². The van der Waals surface area contributed by atoms with E-state index in [9.17, 15) is 14.7 Å². The van der Waals surface area contributed by atoms with Crippen molar-refractivity contribution in [3.8, 4) is 5.75 Å². The zero-order valence-corrected chi connectivity index (χ0v) is 7.43. The van der Waals surface area contributed by atoms with Gasteiger partial charge in [0.2, 0.25) is 0 Å². The zero-order valence-electron chi connectivity index (χ0n) is 7.43. The first-order valence-corrected chi connectivity index (χ1v) is 4.14. The number of benzene rings is 1. The molecule has 1 aromatic rings. The fourth-order valence-corrected chi connectivity index (χ4v) is 0.875. The molecule has 1 rings (SSSR count). The van der Waals surface area contributed by atoms with Crippen LogP contribution in [0.5, 0.6) is 5.75 Å². The van der Waals surface area contributed by atoms with Crippen molar-refractivity contribution in [1.82, 2.24) is 0 Å². The van der Waals surface area contributed by atoms with Gasteiger partial charge in [0.1, 0.15) is 5.75 Å². The Balaban J connectivity index is 2.38. The molecule has 0 saturated carbocycles. The lowest BCUT2D eigenvalue weighted by Gasteiger charge is -2.03. The molecular weight excluding hydrogens is 184 g/mol. The molecule has 0 radical (unpaired) electrons. The van der Waals surface area contributed by atoms with Gasteiger partial charge in [0.25, 0.3) is 0 Å². The molecule has 0 bridgehead atoms. The fraction of sp³-hybridized carbons (Fsp3) is 0.200. The summed E-state index contributed by atoms with van der Waals surface area (Å²) < 4.78 is 4.83. The van der Waals surface area contributed by atoms with Crippen molar-refractivity contribution in [1.29, 1.82) is 0 Å². The van der Waals surface area contributed by atoms with Crippen LogP contribution in [0.1, 0.15) is 12.8 Å². The quantitative estimate of drug-likeness (QED) is 0.503. The minimum absolute atomic E-state index is 0.169. The van der Waals surface area contributed by atoms with Crippen LogP contribution in [0.4, 0.5) is 0 Å². The van der Waals surface area contributed by atoms with Crippen LogP contribution in [-0.4, -0.2) is 11.9 Å². The van der Waals surface area contributed by atoms with Crippen LogP contribution in [0.15, 0.2) is 30.3 Å². The number of ether oxygens (including phenoxy) is 1. The van der Waals surface area contributed by atoms with Gasteiger partial charge in [-0.15, -0.1) is 0 Å². The summed E-state index contributed by atoms with van der Waals surface area (Å²) in [7, 11) is 0. The highest BCUT2D eigenvalue weighted by molar-refractivity contribution is 5.77. The van der Waals surface area contributed by atoms with Crippen molar-refractivity contribution in [2.45, 2.75) is 12.8 Å². The van der Waals surface area contributed by atoms with Gasteiger partial charge in [-0.05, 0) is 18.6 Å². The molecular formula is C10H9O4-. The summed E-state index contributed by atoms with van der Waals surface area (Å²) in [5, 5.41) is 10.0. The molecule has 74 valence electrons. The normalized spacial score (nSPS) is 9.43. The lowest BCUT2D eigenvalue weighted by atomic mass is 10.3. The van der Waals surface area contributed by atoms with E-state index in [1.54, 1.807) is 30.3 Å². The molecule has 0 N–H and O–H groups in total. The number of hydrogen-bond acceptors (Lipinski definition) is 4. The Morgan fingerprint density at radius 3 is 2.36 bits per heavy atom.